The lowest BCUT2D eigenvalue weighted by atomic mass is 10.2. The van der Waals surface area contributed by atoms with Crippen molar-refractivity contribution < 1.29 is 9.59 Å². The number of amides is 2. The van der Waals surface area contributed by atoms with Crippen molar-refractivity contribution in [2.45, 2.75) is 31.7 Å². The number of fused-ring (bicyclic) bond motifs is 1. The average Bonchev–Trinajstić information content (AvgIpc) is 3.56. The van der Waals surface area contributed by atoms with Gasteiger partial charge in [0.05, 0.1) is 5.56 Å². The molecule has 1 aliphatic heterocycles. The zero-order valence-electron chi connectivity index (χ0n) is 21.6. The summed E-state index contributed by atoms with van der Waals surface area (Å²) in [4.78, 5) is 45.2. The van der Waals surface area contributed by atoms with Gasteiger partial charge < -0.3 is 25.4 Å². The van der Waals surface area contributed by atoms with Crippen molar-refractivity contribution in [1.82, 2.24) is 34.2 Å². The Morgan fingerprint density at radius 3 is 2.49 bits per heavy atom. The number of hydrogen-bond donors (Lipinski definition) is 2. The Bertz CT molecular complexity index is 1260. The molecule has 3 N–H and O–H groups in total. The lowest BCUT2D eigenvalue weighted by Gasteiger charge is -2.34. The van der Waals surface area contributed by atoms with Gasteiger partial charge in [0.2, 0.25) is 5.95 Å². The quantitative estimate of drug-likeness (QED) is 0.500. The SMILES string of the molecule is CN(C)C(=O)c1cc2cnc(Nc3ccc(C(=O)N4CCN(CCN)CC4)cn3)nc2n1C1CCCC1. The second kappa shape index (κ2) is 10.8. The molecule has 0 radical (unpaired) electrons. The fraction of sp³-hybridized carbons (Fsp3) is 0.500. The highest BCUT2D eigenvalue weighted by Gasteiger charge is 2.27. The monoisotopic (exact) mass is 505 g/mol. The van der Waals surface area contributed by atoms with E-state index in [4.69, 9.17) is 10.7 Å². The van der Waals surface area contributed by atoms with Crippen LogP contribution in [0.15, 0.2) is 30.6 Å². The average molecular weight is 506 g/mol. The maximum absolute atomic E-state index is 12.9. The molecule has 0 aromatic carbocycles. The fourth-order valence-electron chi connectivity index (χ4n) is 5.24. The van der Waals surface area contributed by atoms with Crippen LogP contribution in [0.2, 0.25) is 0 Å². The molecule has 4 heterocycles. The Morgan fingerprint density at radius 1 is 1.08 bits per heavy atom. The van der Waals surface area contributed by atoms with E-state index in [-0.39, 0.29) is 17.9 Å². The molecular weight excluding hydrogens is 470 g/mol. The van der Waals surface area contributed by atoms with Crippen LogP contribution in [0.1, 0.15) is 52.6 Å². The lowest BCUT2D eigenvalue weighted by molar-refractivity contribution is 0.0640. The summed E-state index contributed by atoms with van der Waals surface area (Å²) in [5.74, 6) is 0.891. The minimum absolute atomic E-state index is 0.0170. The molecule has 11 heteroatoms. The van der Waals surface area contributed by atoms with E-state index in [1.807, 2.05) is 11.0 Å². The molecule has 2 aliphatic rings. The lowest BCUT2D eigenvalue weighted by Crippen LogP contribution is -2.49. The molecule has 0 atom stereocenters. The van der Waals surface area contributed by atoms with Crippen LogP contribution in [0.25, 0.3) is 11.0 Å². The van der Waals surface area contributed by atoms with Crippen LogP contribution in [-0.4, -0.2) is 99.4 Å². The van der Waals surface area contributed by atoms with Gasteiger partial charge in [0.25, 0.3) is 11.8 Å². The number of nitrogens with zero attached hydrogens (tertiary/aromatic N) is 7. The van der Waals surface area contributed by atoms with E-state index in [0.29, 0.717) is 42.7 Å². The number of nitrogens with one attached hydrogen (secondary N) is 1. The molecule has 2 fully saturated rings. The van der Waals surface area contributed by atoms with Crippen LogP contribution in [-0.2, 0) is 0 Å². The van der Waals surface area contributed by atoms with E-state index >= 15 is 0 Å². The minimum atomic E-state index is -0.0397. The number of rotatable bonds is 7. The van der Waals surface area contributed by atoms with Crippen molar-refractivity contribution in [2.75, 3.05) is 58.7 Å². The van der Waals surface area contributed by atoms with Gasteiger partial charge >= 0.3 is 0 Å². The van der Waals surface area contributed by atoms with Crippen LogP contribution < -0.4 is 11.1 Å². The molecule has 196 valence electrons. The van der Waals surface area contributed by atoms with Crippen molar-refractivity contribution >= 4 is 34.6 Å². The number of carbonyl (C=O) groups excluding carboxylic acids is 2. The summed E-state index contributed by atoms with van der Waals surface area (Å²) in [6, 6.07) is 5.67. The van der Waals surface area contributed by atoms with Gasteiger partial charge in [-0.1, -0.05) is 12.8 Å². The highest BCUT2D eigenvalue weighted by atomic mass is 16.2. The molecule has 3 aromatic heterocycles. The van der Waals surface area contributed by atoms with Gasteiger partial charge in [-0.15, -0.1) is 0 Å². The number of carbonyl (C=O) groups is 2. The summed E-state index contributed by atoms with van der Waals surface area (Å²) < 4.78 is 2.08. The van der Waals surface area contributed by atoms with Crippen molar-refractivity contribution in [3.63, 3.8) is 0 Å². The van der Waals surface area contributed by atoms with Gasteiger partial charge in [-0.25, -0.2) is 9.97 Å². The number of anilines is 2. The highest BCUT2D eigenvalue weighted by molar-refractivity contribution is 5.98. The van der Waals surface area contributed by atoms with Gasteiger partial charge in [0.15, 0.2) is 0 Å². The molecule has 37 heavy (non-hydrogen) atoms. The largest absolute Gasteiger partial charge is 0.343 e. The van der Waals surface area contributed by atoms with Crippen LogP contribution in [0.5, 0.6) is 0 Å². The van der Waals surface area contributed by atoms with Crippen molar-refractivity contribution in [2.24, 2.45) is 5.73 Å². The zero-order chi connectivity index (χ0) is 25.9. The first kappa shape index (κ1) is 25.1. The first-order valence-corrected chi connectivity index (χ1v) is 13.0. The first-order valence-electron chi connectivity index (χ1n) is 13.0. The normalized spacial score (nSPS) is 16.9. The molecule has 0 bridgehead atoms. The maximum Gasteiger partial charge on any atom is 0.270 e. The predicted molar refractivity (Wildman–Crippen MR) is 142 cm³/mol. The standard InChI is InChI=1S/C26H35N9O2/c1-32(2)25(37)21-15-19-17-29-26(31-23(19)35(21)20-5-3-4-6-20)30-22-8-7-18(16-28-22)24(36)34-13-11-33(10-9-27)12-14-34/h7-8,15-17,20H,3-6,9-14,27H2,1-2H3,(H,28,29,30,31). The first-order chi connectivity index (χ1) is 17.9. The molecule has 1 saturated carbocycles. The number of aromatic nitrogens is 4. The van der Waals surface area contributed by atoms with Crippen LogP contribution in [0, 0.1) is 0 Å². The predicted octanol–water partition coefficient (Wildman–Crippen LogP) is 2.10. The Labute approximate surface area is 216 Å². The van der Waals surface area contributed by atoms with Gasteiger partial charge in [0, 0.05) is 77.2 Å². The van der Waals surface area contributed by atoms with Gasteiger partial charge in [-0.05, 0) is 31.0 Å². The highest BCUT2D eigenvalue weighted by Crippen LogP contribution is 2.34. The summed E-state index contributed by atoms with van der Waals surface area (Å²) in [5.41, 5.74) is 7.58. The Balaban J connectivity index is 1.33. The minimum Gasteiger partial charge on any atom is -0.343 e. The third-order valence-electron chi connectivity index (χ3n) is 7.25. The molecular formula is C26H35N9O2. The molecule has 3 aromatic rings. The van der Waals surface area contributed by atoms with Crippen LogP contribution in [0.3, 0.4) is 0 Å². The van der Waals surface area contributed by atoms with Crippen molar-refractivity contribution in [1.29, 1.82) is 0 Å². The second-order valence-corrected chi connectivity index (χ2v) is 9.99. The molecule has 0 unspecified atom stereocenters. The molecule has 2 amide bonds. The van der Waals surface area contributed by atoms with Crippen molar-refractivity contribution in [3.05, 3.63) is 41.9 Å². The Morgan fingerprint density at radius 2 is 1.84 bits per heavy atom. The number of nitrogens with two attached hydrogens (primary N) is 1. The van der Waals surface area contributed by atoms with E-state index in [1.165, 1.54) is 0 Å². The number of hydrogen-bond acceptors (Lipinski definition) is 8. The zero-order valence-corrected chi connectivity index (χ0v) is 21.6. The van der Waals surface area contributed by atoms with E-state index < -0.39 is 0 Å². The van der Waals surface area contributed by atoms with Gasteiger partial charge in [-0.2, -0.15) is 4.98 Å². The van der Waals surface area contributed by atoms with E-state index in [0.717, 1.165) is 56.4 Å². The van der Waals surface area contributed by atoms with Gasteiger partial charge in [0.1, 0.15) is 17.2 Å². The number of pyridine rings is 1. The molecule has 11 nitrogen and oxygen atoms in total. The summed E-state index contributed by atoms with van der Waals surface area (Å²) in [7, 11) is 3.53. The third-order valence-corrected chi connectivity index (χ3v) is 7.25. The van der Waals surface area contributed by atoms with Gasteiger partial charge in [-0.3, -0.25) is 14.5 Å². The molecule has 5 rings (SSSR count). The topological polar surface area (TPSA) is 126 Å². The van der Waals surface area contributed by atoms with Crippen LogP contribution in [0.4, 0.5) is 11.8 Å². The smallest absolute Gasteiger partial charge is 0.270 e. The molecule has 1 aliphatic carbocycles. The maximum atomic E-state index is 12.9. The Hall–Kier alpha value is -3.57. The van der Waals surface area contributed by atoms with Crippen molar-refractivity contribution in [3.8, 4) is 0 Å². The summed E-state index contributed by atoms with van der Waals surface area (Å²) in [6.45, 7) is 4.53. The second-order valence-electron chi connectivity index (χ2n) is 9.99. The van der Waals surface area contributed by atoms with E-state index in [1.54, 1.807) is 43.5 Å². The van der Waals surface area contributed by atoms with E-state index in [9.17, 15) is 9.59 Å². The summed E-state index contributed by atoms with van der Waals surface area (Å²) in [6.07, 6.45) is 7.69. The summed E-state index contributed by atoms with van der Waals surface area (Å²) in [5, 5.41) is 3.99. The fourth-order valence-corrected chi connectivity index (χ4v) is 5.24. The molecule has 1 saturated heterocycles. The molecule has 0 spiro atoms. The van der Waals surface area contributed by atoms with E-state index in [2.05, 4.69) is 24.8 Å². The summed E-state index contributed by atoms with van der Waals surface area (Å²) >= 11 is 0. The van der Waals surface area contributed by atoms with Crippen LogP contribution >= 0.6 is 0 Å². The third kappa shape index (κ3) is 5.28. The Kier molecular flexibility index (Phi) is 7.33. The number of piperazine rings is 1.